The molecule has 2 rings (SSSR count). The molecule has 0 heterocycles. The molecule has 1 aromatic carbocycles. The molecule has 0 aromatic heterocycles. The number of ether oxygens (including phenoxy) is 1. The Labute approximate surface area is 142 Å². The molecule has 0 radical (unpaired) electrons. The van der Waals surface area contributed by atoms with Crippen LogP contribution in [0.4, 0.5) is 5.69 Å². The standard InChI is InChI=1S/C16H22ClNO4S/c1-23(20,21)18(14-8-6-7-13(17)11-14)12-16(19)22-15-9-4-2-3-5-10-15/h6-8,11,15H,2-5,9-10,12H2,1H3. The van der Waals surface area contributed by atoms with Crippen LogP contribution in [0, 0.1) is 0 Å². The van der Waals surface area contributed by atoms with Gasteiger partial charge in [-0.05, 0) is 43.9 Å². The second-order valence-electron chi connectivity index (χ2n) is 5.85. The molecule has 0 atom stereocenters. The van der Waals surface area contributed by atoms with Crippen molar-refractivity contribution in [1.29, 1.82) is 0 Å². The number of halogens is 1. The highest BCUT2D eigenvalue weighted by Gasteiger charge is 2.24. The molecule has 0 unspecified atom stereocenters. The summed E-state index contributed by atoms with van der Waals surface area (Å²) in [4.78, 5) is 12.2. The van der Waals surface area contributed by atoms with E-state index in [1.54, 1.807) is 18.2 Å². The van der Waals surface area contributed by atoms with Crippen LogP contribution in [0.3, 0.4) is 0 Å². The topological polar surface area (TPSA) is 63.7 Å². The zero-order valence-electron chi connectivity index (χ0n) is 13.2. The Bertz CT molecular complexity index is 639. The molecule has 1 aliphatic carbocycles. The maximum Gasteiger partial charge on any atom is 0.327 e. The maximum atomic E-state index is 12.2. The fourth-order valence-electron chi connectivity index (χ4n) is 2.73. The van der Waals surface area contributed by atoms with E-state index in [9.17, 15) is 13.2 Å². The molecule has 23 heavy (non-hydrogen) atoms. The van der Waals surface area contributed by atoms with Crippen LogP contribution in [0.2, 0.25) is 5.02 Å². The molecule has 0 amide bonds. The zero-order valence-corrected chi connectivity index (χ0v) is 14.8. The lowest BCUT2D eigenvalue weighted by Gasteiger charge is -2.23. The summed E-state index contributed by atoms with van der Waals surface area (Å²) in [6, 6.07) is 6.41. The van der Waals surface area contributed by atoms with Crippen molar-refractivity contribution in [3.05, 3.63) is 29.3 Å². The molecule has 7 heteroatoms. The minimum Gasteiger partial charge on any atom is -0.461 e. The Kier molecular flexibility index (Phi) is 6.30. The van der Waals surface area contributed by atoms with Crippen molar-refractivity contribution in [3.8, 4) is 0 Å². The summed E-state index contributed by atoms with van der Waals surface area (Å²) in [6.45, 7) is -0.338. The fourth-order valence-corrected chi connectivity index (χ4v) is 3.75. The van der Waals surface area contributed by atoms with Gasteiger partial charge in [0.1, 0.15) is 12.6 Å². The van der Waals surface area contributed by atoms with Gasteiger partial charge in [-0.15, -0.1) is 0 Å². The lowest BCUT2D eigenvalue weighted by Crippen LogP contribution is -2.37. The lowest BCUT2D eigenvalue weighted by atomic mass is 10.1. The van der Waals surface area contributed by atoms with Crippen LogP contribution in [0.25, 0.3) is 0 Å². The van der Waals surface area contributed by atoms with Crippen molar-refractivity contribution >= 4 is 33.3 Å². The van der Waals surface area contributed by atoms with Crippen molar-refractivity contribution in [2.24, 2.45) is 0 Å². The summed E-state index contributed by atoms with van der Waals surface area (Å²) in [5, 5.41) is 0.410. The third kappa shape index (κ3) is 5.70. The molecule has 0 aliphatic heterocycles. The quantitative estimate of drug-likeness (QED) is 0.597. The van der Waals surface area contributed by atoms with Gasteiger partial charge in [0.25, 0.3) is 0 Å². The molecule has 0 bridgehead atoms. The van der Waals surface area contributed by atoms with E-state index in [2.05, 4.69) is 0 Å². The number of nitrogens with zero attached hydrogens (tertiary/aromatic N) is 1. The number of rotatable bonds is 5. The Hall–Kier alpha value is -1.27. The third-order valence-electron chi connectivity index (χ3n) is 3.87. The van der Waals surface area contributed by atoms with Gasteiger partial charge in [-0.2, -0.15) is 0 Å². The second kappa shape index (κ2) is 8.02. The van der Waals surface area contributed by atoms with Gasteiger partial charge in [-0.1, -0.05) is 30.5 Å². The highest BCUT2D eigenvalue weighted by molar-refractivity contribution is 7.92. The molecule has 1 aliphatic rings. The van der Waals surface area contributed by atoms with Crippen molar-refractivity contribution in [1.82, 2.24) is 0 Å². The van der Waals surface area contributed by atoms with Crippen molar-refractivity contribution in [2.75, 3.05) is 17.1 Å². The number of benzene rings is 1. The third-order valence-corrected chi connectivity index (χ3v) is 5.25. The lowest BCUT2D eigenvalue weighted by molar-refractivity contribution is -0.147. The number of hydrogen-bond donors (Lipinski definition) is 0. The predicted molar refractivity (Wildman–Crippen MR) is 91.2 cm³/mol. The molecular weight excluding hydrogens is 338 g/mol. The Morgan fingerprint density at radius 1 is 1.26 bits per heavy atom. The molecule has 1 saturated carbocycles. The maximum absolute atomic E-state index is 12.2. The largest absolute Gasteiger partial charge is 0.461 e. The molecule has 128 valence electrons. The van der Waals surface area contributed by atoms with E-state index >= 15 is 0 Å². The number of sulfonamides is 1. The molecule has 1 aromatic rings. The predicted octanol–water partition coefficient (Wildman–Crippen LogP) is 3.37. The number of carbonyl (C=O) groups excluding carboxylic acids is 1. The highest BCUT2D eigenvalue weighted by atomic mass is 35.5. The Balaban J connectivity index is 2.07. The summed E-state index contributed by atoms with van der Waals surface area (Å²) in [6.07, 6.45) is 7.06. The summed E-state index contributed by atoms with van der Waals surface area (Å²) in [5.74, 6) is -0.526. The summed E-state index contributed by atoms with van der Waals surface area (Å²) in [7, 11) is -3.60. The fraction of sp³-hybridized carbons (Fsp3) is 0.562. The number of carbonyl (C=O) groups is 1. The summed E-state index contributed by atoms with van der Waals surface area (Å²) in [5.41, 5.74) is 0.359. The van der Waals surface area contributed by atoms with E-state index in [1.807, 2.05) is 0 Å². The molecular formula is C16H22ClNO4S. The van der Waals surface area contributed by atoms with E-state index in [0.717, 1.165) is 49.1 Å². The van der Waals surface area contributed by atoms with Crippen LogP contribution in [-0.2, 0) is 19.6 Å². The smallest absolute Gasteiger partial charge is 0.327 e. The van der Waals surface area contributed by atoms with Gasteiger partial charge in [-0.3, -0.25) is 9.10 Å². The Morgan fingerprint density at radius 2 is 1.91 bits per heavy atom. The molecule has 0 spiro atoms. The van der Waals surface area contributed by atoms with E-state index in [0.29, 0.717) is 10.7 Å². The van der Waals surface area contributed by atoms with Crippen molar-refractivity contribution in [2.45, 2.75) is 44.6 Å². The van der Waals surface area contributed by atoms with Gasteiger partial charge in [0, 0.05) is 5.02 Å². The van der Waals surface area contributed by atoms with Crippen molar-refractivity contribution < 1.29 is 17.9 Å². The first kappa shape index (κ1) is 18.1. The van der Waals surface area contributed by atoms with Crippen LogP contribution in [0.1, 0.15) is 38.5 Å². The van der Waals surface area contributed by atoms with Gasteiger partial charge < -0.3 is 4.74 Å². The van der Waals surface area contributed by atoms with E-state index in [1.165, 1.54) is 6.07 Å². The first-order valence-corrected chi connectivity index (χ1v) is 10.0. The van der Waals surface area contributed by atoms with Gasteiger partial charge in [0.05, 0.1) is 11.9 Å². The number of anilines is 1. The summed E-state index contributed by atoms with van der Waals surface area (Å²) >= 11 is 5.91. The number of esters is 1. The number of hydrogen-bond acceptors (Lipinski definition) is 4. The average molecular weight is 360 g/mol. The van der Waals surface area contributed by atoms with Crippen molar-refractivity contribution in [3.63, 3.8) is 0 Å². The highest BCUT2D eigenvalue weighted by Crippen LogP contribution is 2.23. The van der Waals surface area contributed by atoms with E-state index in [4.69, 9.17) is 16.3 Å². The molecule has 1 fully saturated rings. The normalized spacial score (nSPS) is 16.6. The van der Waals surface area contributed by atoms with Crippen LogP contribution in [0.5, 0.6) is 0 Å². The van der Waals surface area contributed by atoms with E-state index in [-0.39, 0.29) is 12.6 Å². The summed E-state index contributed by atoms with van der Waals surface area (Å²) < 4.78 is 30.5. The average Bonchev–Trinajstić information content (AvgIpc) is 2.72. The first-order valence-electron chi connectivity index (χ1n) is 7.79. The zero-order chi connectivity index (χ0) is 16.9. The van der Waals surface area contributed by atoms with Gasteiger partial charge >= 0.3 is 5.97 Å². The van der Waals surface area contributed by atoms with Crippen LogP contribution in [-0.4, -0.2) is 33.3 Å². The monoisotopic (exact) mass is 359 g/mol. The minimum absolute atomic E-state index is 0.106. The molecule has 0 N–H and O–H groups in total. The first-order chi connectivity index (χ1) is 10.9. The van der Waals surface area contributed by atoms with Gasteiger partial charge in [-0.25, -0.2) is 8.42 Å². The van der Waals surface area contributed by atoms with Crippen LogP contribution >= 0.6 is 11.6 Å². The SMILES string of the molecule is CS(=O)(=O)N(CC(=O)OC1CCCCCC1)c1cccc(Cl)c1. The van der Waals surface area contributed by atoms with Crippen LogP contribution in [0.15, 0.2) is 24.3 Å². The minimum atomic E-state index is -3.60. The molecule has 5 nitrogen and oxygen atoms in total. The Morgan fingerprint density at radius 3 is 2.48 bits per heavy atom. The van der Waals surface area contributed by atoms with Crippen LogP contribution < -0.4 is 4.31 Å². The second-order valence-corrected chi connectivity index (χ2v) is 8.20. The van der Waals surface area contributed by atoms with E-state index < -0.39 is 16.0 Å². The molecule has 0 saturated heterocycles. The van der Waals surface area contributed by atoms with Gasteiger partial charge in [0.2, 0.25) is 10.0 Å². The van der Waals surface area contributed by atoms with Gasteiger partial charge in [0.15, 0.2) is 0 Å².